The average molecular weight is 401 g/mol. The maximum Gasteiger partial charge on any atom is 0.412 e. The van der Waals surface area contributed by atoms with Gasteiger partial charge in [-0.15, -0.1) is 0 Å². The van der Waals surface area contributed by atoms with E-state index in [1.165, 1.54) is 6.07 Å². The molecule has 0 aliphatic carbocycles. The van der Waals surface area contributed by atoms with Gasteiger partial charge in [0.25, 0.3) is 0 Å². The number of carbonyl (C=O) groups is 2. The maximum atomic E-state index is 12.0. The molecule has 0 saturated heterocycles. The van der Waals surface area contributed by atoms with Crippen LogP contribution in [0.1, 0.15) is 11.1 Å². The Bertz CT molecular complexity index is 972. The smallest absolute Gasteiger partial charge is 0.412 e. The molecule has 0 radical (unpaired) electrons. The zero-order valence-corrected chi connectivity index (χ0v) is 15.1. The van der Waals surface area contributed by atoms with Crippen molar-refractivity contribution in [2.24, 2.45) is 0 Å². The summed E-state index contributed by atoms with van der Waals surface area (Å²) in [5, 5.41) is 24.1. The minimum Gasteiger partial charge on any atom is -0.464 e. The first-order valence-electron chi connectivity index (χ1n) is 8.02. The van der Waals surface area contributed by atoms with Gasteiger partial charge in [0, 0.05) is 12.1 Å². The second-order valence-corrected chi connectivity index (χ2v) is 5.50. The summed E-state index contributed by atoms with van der Waals surface area (Å²) in [4.78, 5) is 44.0. The van der Waals surface area contributed by atoms with Crippen molar-refractivity contribution in [2.45, 2.75) is 6.61 Å². The lowest BCUT2D eigenvalue weighted by Crippen LogP contribution is -2.28. The number of carbonyl (C=O) groups excluding carboxylic acids is 2. The summed E-state index contributed by atoms with van der Waals surface area (Å²) in [6, 6.07) is 11.8. The molecule has 2 rings (SSSR count). The molecule has 0 heterocycles. The third-order valence-corrected chi connectivity index (χ3v) is 3.56. The number of alkyl carbamates (subject to hydrolysis) is 1. The van der Waals surface area contributed by atoms with Crippen molar-refractivity contribution in [3.8, 4) is 0 Å². The first-order chi connectivity index (χ1) is 13.8. The Hall–Kier alpha value is -4.28. The molecule has 0 aliphatic rings. The second kappa shape index (κ2) is 9.60. The Morgan fingerprint density at radius 2 is 1.69 bits per heavy atom. The molecular formula is C18H15N3O8. The van der Waals surface area contributed by atoms with Crippen LogP contribution in [0.25, 0.3) is 6.08 Å². The predicted molar refractivity (Wildman–Crippen MR) is 99.5 cm³/mol. The number of nitro benzene ring substituents is 2. The van der Waals surface area contributed by atoms with Gasteiger partial charge in [-0.3, -0.25) is 25.5 Å². The van der Waals surface area contributed by atoms with Crippen LogP contribution in [0, 0.1) is 20.2 Å². The number of amides is 1. The SMILES string of the molecule is COC(=O)C(=Cc1ccc([N+](=O)[O-])c([N+](=O)[O-])c1)NC(=O)OCc1ccccc1. The van der Waals surface area contributed by atoms with Crippen molar-refractivity contribution < 1.29 is 28.9 Å². The minimum absolute atomic E-state index is 0.0515. The van der Waals surface area contributed by atoms with E-state index in [1.54, 1.807) is 30.3 Å². The summed E-state index contributed by atoms with van der Waals surface area (Å²) in [5.41, 5.74) is -1.06. The van der Waals surface area contributed by atoms with Gasteiger partial charge in [0.05, 0.1) is 17.0 Å². The molecule has 11 heteroatoms. The lowest BCUT2D eigenvalue weighted by Gasteiger charge is -2.09. The van der Waals surface area contributed by atoms with Crippen LogP contribution >= 0.6 is 0 Å². The monoisotopic (exact) mass is 401 g/mol. The van der Waals surface area contributed by atoms with Crippen molar-refractivity contribution in [2.75, 3.05) is 7.11 Å². The number of ether oxygens (including phenoxy) is 2. The zero-order valence-electron chi connectivity index (χ0n) is 15.1. The molecule has 29 heavy (non-hydrogen) atoms. The molecular weight excluding hydrogens is 386 g/mol. The Kier molecular flexibility index (Phi) is 6.96. The number of nitro groups is 2. The average Bonchev–Trinajstić information content (AvgIpc) is 2.71. The van der Waals surface area contributed by atoms with Crippen molar-refractivity contribution in [3.63, 3.8) is 0 Å². The highest BCUT2D eigenvalue weighted by molar-refractivity contribution is 5.96. The Morgan fingerprint density at radius 1 is 1.03 bits per heavy atom. The first kappa shape index (κ1) is 21.0. The summed E-state index contributed by atoms with van der Waals surface area (Å²) in [5.74, 6) is -0.942. The van der Waals surface area contributed by atoms with Gasteiger partial charge in [-0.25, -0.2) is 9.59 Å². The molecule has 0 bridgehead atoms. The van der Waals surface area contributed by atoms with E-state index in [2.05, 4.69) is 10.1 Å². The van der Waals surface area contributed by atoms with Gasteiger partial charge >= 0.3 is 23.4 Å². The van der Waals surface area contributed by atoms with E-state index in [9.17, 15) is 29.8 Å². The van der Waals surface area contributed by atoms with Crippen LogP contribution in [-0.2, 0) is 20.9 Å². The van der Waals surface area contributed by atoms with Gasteiger partial charge in [0.15, 0.2) is 0 Å². The highest BCUT2D eigenvalue weighted by Gasteiger charge is 2.24. The topological polar surface area (TPSA) is 151 Å². The third kappa shape index (κ3) is 5.85. The molecule has 0 spiro atoms. The minimum atomic E-state index is -0.957. The number of nitrogens with zero attached hydrogens (tertiary/aromatic N) is 2. The summed E-state index contributed by atoms with van der Waals surface area (Å²) < 4.78 is 9.58. The van der Waals surface area contributed by atoms with E-state index in [4.69, 9.17) is 4.74 Å². The molecule has 0 aromatic heterocycles. The lowest BCUT2D eigenvalue weighted by atomic mass is 10.1. The van der Waals surface area contributed by atoms with Gasteiger partial charge in [0.2, 0.25) is 0 Å². The summed E-state index contributed by atoms with van der Waals surface area (Å²) in [7, 11) is 1.07. The first-order valence-corrected chi connectivity index (χ1v) is 8.02. The van der Waals surface area contributed by atoms with Crippen LogP contribution in [0.5, 0.6) is 0 Å². The number of hydrogen-bond donors (Lipinski definition) is 1. The molecule has 2 aromatic carbocycles. The molecule has 1 N–H and O–H groups in total. The number of methoxy groups -OCH3 is 1. The number of rotatable bonds is 7. The number of hydrogen-bond acceptors (Lipinski definition) is 8. The van der Waals surface area contributed by atoms with Gasteiger partial charge in [-0.05, 0) is 23.3 Å². The molecule has 0 atom stereocenters. The molecule has 11 nitrogen and oxygen atoms in total. The van der Waals surface area contributed by atoms with Crippen LogP contribution in [0.2, 0.25) is 0 Å². The highest BCUT2D eigenvalue weighted by atomic mass is 16.6. The van der Waals surface area contributed by atoms with Crippen LogP contribution in [0.15, 0.2) is 54.2 Å². The van der Waals surface area contributed by atoms with Gasteiger partial charge in [-0.2, -0.15) is 0 Å². The predicted octanol–water partition coefficient (Wildman–Crippen LogP) is 2.94. The van der Waals surface area contributed by atoms with Crippen molar-refractivity contribution in [1.29, 1.82) is 0 Å². The molecule has 2 aromatic rings. The molecule has 0 saturated carbocycles. The number of esters is 1. The largest absolute Gasteiger partial charge is 0.464 e. The standard InChI is InChI=1S/C18H15N3O8/c1-28-17(22)14(19-18(23)29-11-12-5-3-2-4-6-12)9-13-7-8-15(20(24)25)16(10-13)21(26)27/h2-10H,11H2,1H3,(H,19,23). The highest BCUT2D eigenvalue weighted by Crippen LogP contribution is 2.28. The number of benzene rings is 2. The van der Waals surface area contributed by atoms with Crippen LogP contribution in [0.3, 0.4) is 0 Å². The van der Waals surface area contributed by atoms with E-state index in [1.807, 2.05) is 0 Å². The lowest BCUT2D eigenvalue weighted by molar-refractivity contribution is -0.422. The van der Waals surface area contributed by atoms with Crippen LogP contribution in [-0.4, -0.2) is 29.0 Å². The maximum absolute atomic E-state index is 12.0. The van der Waals surface area contributed by atoms with E-state index in [0.29, 0.717) is 0 Å². The van der Waals surface area contributed by atoms with E-state index in [0.717, 1.165) is 30.9 Å². The zero-order chi connectivity index (χ0) is 21.4. The molecule has 0 fully saturated rings. The Balaban J connectivity index is 2.23. The van der Waals surface area contributed by atoms with Crippen LogP contribution < -0.4 is 5.32 Å². The molecule has 0 unspecified atom stereocenters. The van der Waals surface area contributed by atoms with Gasteiger partial charge < -0.3 is 9.47 Å². The fourth-order valence-electron chi connectivity index (χ4n) is 2.22. The Labute approximate surface area is 163 Å². The normalized spacial score (nSPS) is 10.7. The second-order valence-electron chi connectivity index (χ2n) is 5.50. The van der Waals surface area contributed by atoms with Gasteiger partial charge in [0.1, 0.15) is 12.3 Å². The van der Waals surface area contributed by atoms with E-state index in [-0.39, 0.29) is 17.9 Å². The summed E-state index contributed by atoms with van der Waals surface area (Å²) in [6.07, 6.45) is 0.119. The van der Waals surface area contributed by atoms with E-state index < -0.39 is 33.3 Å². The van der Waals surface area contributed by atoms with Crippen molar-refractivity contribution in [1.82, 2.24) is 5.32 Å². The third-order valence-electron chi connectivity index (χ3n) is 3.56. The Morgan fingerprint density at radius 3 is 2.28 bits per heavy atom. The van der Waals surface area contributed by atoms with Gasteiger partial charge in [-0.1, -0.05) is 30.3 Å². The van der Waals surface area contributed by atoms with Crippen molar-refractivity contribution >= 4 is 29.5 Å². The van der Waals surface area contributed by atoms with Crippen LogP contribution in [0.4, 0.5) is 16.2 Å². The van der Waals surface area contributed by atoms with Crippen molar-refractivity contribution in [3.05, 3.63) is 85.6 Å². The van der Waals surface area contributed by atoms with E-state index >= 15 is 0 Å². The summed E-state index contributed by atoms with van der Waals surface area (Å²) >= 11 is 0. The molecule has 0 aliphatic heterocycles. The molecule has 150 valence electrons. The number of nitrogens with one attached hydrogen (secondary N) is 1. The quantitative estimate of drug-likeness (QED) is 0.322. The fourth-order valence-corrected chi connectivity index (χ4v) is 2.22. The molecule has 1 amide bonds. The summed E-state index contributed by atoms with van der Waals surface area (Å²) in [6.45, 7) is -0.0515. The fraction of sp³-hybridized carbons (Fsp3) is 0.111.